The standard InChI is InChI=1S/C12H9BrFN3O3/c1-7-11(13)12(18)16(6-15-7)5-8-2-3-10(17(19)20)9(14)4-8/h2-4,6H,5H2,1H3. The van der Waals surface area contributed by atoms with E-state index in [2.05, 4.69) is 20.9 Å². The summed E-state index contributed by atoms with van der Waals surface area (Å²) in [4.78, 5) is 25.7. The van der Waals surface area contributed by atoms with Gasteiger partial charge in [0.05, 0.1) is 23.5 Å². The lowest BCUT2D eigenvalue weighted by Gasteiger charge is -2.07. The molecule has 1 aromatic carbocycles. The van der Waals surface area contributed by atoms with Gasteiger partial charge in [0.2, 0.25) is 5.82 Å². The van der Waals surface area contributed by atoms with Gasteiger partial charge in [0.1, 0.15) is 4.47 Å². The Balaban J connectivity index is 2.36. The lowest BCUT2D eigenvalue weighted by molar-refractivity contribution is -0.387. The molecule has 0 N–H and O–H groups in total. The van der Waals surface area contributed by atoms with Crippen LogP contribution in [0.3, 0.4) is 0 Å². The van der Waals surface area contributed by atoms with E-state index >= 15 is 0 Å². The van der Waals surface area contributed by atoms with Crippen LogP contribution in [0.1, 0.15) is 11.3 Å². The van der Waals surface area contributed by atoms with Crippen molar-refractivity contribution in [1.82, 2.24) is 9.55 Å². The van der Waals surface area contributed by atoms with E-state index in [0.717, 1.165) is 12.1 Å². The number of rotatable bonds is 3. The van der Waals surface area contributed by atoms with Crippen molar-refractivity contribution in [2.45, 2.75) is 13.5 Å². The van der Waals surface area contributed by atoms with Gasteiger partial charge in [0.25, 0.3) is 5.56 Å². The van der Waals surface area contributed by atoms with E-state index in [4.69, 9.17) is 0 Å². The zero-order chi connectivity index (χ0) is 14.9. The predicted octanol–water partition coefficient (Wildman–Crippen LogP) is 2.41. The fraction of sp³-hybridized carbons (Fsp3) is 0.167. The number of nitrogens with zero attached hydrogens (tertiary/aromatic N) is 3. The molecule has 2 rings (SSSR count). The Morgan fingerprint density at radius 3 is 2.80 bits per heavy atom. The van der Waals surface area contributed by atoms with Crippen LogP contribution in [0.25, 0.3) is 0 Å². The van der Waals surface area contributed by atoms with E-state index in [-0.39, 0.29) is 12.1 Å². The molecule has 0 atom stereocenters. The number of halogens is 2. The molecule has 0 amide bonds. The molecule has 0 saturated heterocycles. The third-order valence-electron chi connectivity index (χ3n) is 2.72. The van der Waals surface area contributed by atoms with Gasteiger partial charge >= 0.3 is 5.69 Å². The summed E-state index contributed by atoms with van der Waals surface area (Å²) in [5.41, 5.74) is 0.106. The average molecular weight is 342 g/mol. The van der Waals surface area contributed by atoms with Crippen molar-refractivity contribution < 1.29 is 9.31 Å². The smallest absolute Gasteiger partial charge is 0.294 e. The summed E-state index contributed by atoms with van der Waals surface area (Å²) >= 11 is 3.13. The monoisotopic (exact) mass is 341 g/mol. The Kier molecular flexibility index (Phi) is 3.93. The Morgan fingerprint density at radius 1 is 1.50 bits per heavy atom. The molecule has 0 aliphatic rings. The van der Waals surface area contributed by atoms with Gasteiger partial charge in [0.15, 0.2) is 0 Å². The molecule has 20 heavy (non-hydrogen) atoms. The summed E-state index contributed by atoms with van der Waals surface area (Å²) in [5, 5.41) is 10.5. The zero-order valence-electron chi connectivity index (χ0n) is 10.3. The second-order valence-corrected chi connectivity index (χ2v) is 4.91. The molecule has 0 spiro atoms. The van der Waals surface area contributed by atoms with Gasteiger partial charge in [0, 0.05) is 6.07 Å². The normalized spacial score (nSPS) is 10.6. The highest BCUT2D eigenvalue weighted by Crippen LogP contribution is 2.18. The first-order valence-corrected chi connectivity index (χ1v) is 6.34. The fourth-order valence-corrected chi connectivity index (χ4v) is 1.98. The zero-order valence-corrected chi connectivity index (χ0v) is 11.9. The van der Waals surface area contributed by atoms with Crippen LogP contribution in [0.4, 0.5) is 10.1 Å². The fourth-order valence-electron chi connectivity index (χ4n) is 1.65. The minimum Gasteiger partial charge on any atom is -0.294 e. The van der Waals surface area contributed by atoms with Crippen LogP contribution in [0.5, 0.6) is 0 Å². The molecule has 8 heteroatoms. The van der Waals surface area contributed by atoms with E-state index in [0.29, 0.717) is 15.7 Å². The highest BCUT2D eigenvalue weighted by atomic mass is 79.9. The number of nitro groups is 1. The second-order valence-electron chi connectivity index (χ2n) is 4.12. The summed E-state index contributed by atoms with van der Waals surface area (Å²) in [6.45, 7) is 1.76. The van der Waals surface area contributed by atoms with Crippen LogP contribution < -0.4 is 5.56 Å². The Labute approximate surface area is 121 Å². The molecule has 0 aliphatic heterocycles. The Hall–Kier alpha value is -2.09. The van der Waals surface area contributed by atoms with Gasteiger partial charge in [-0.05, 0) is 34.5 Å². The van der Waals surface area contributed by atoms with Gasteiger partial charge in [-0.25, -0.2) is 4.98 Å². The SMILES string of the molecule is Cc1ncn(Cc2ccc([N+](=O)[O-])c(F)c2)c(=O)c1Br. The van der Waals surface area contributed by atoms with Crippen molar-refractivity contribution in [1.29, 1.82) is 0 Å². The van der Waals surface area contributed by atoms with Crippen LogP contribution >= 0.6 is 15.9 Å². The first kappa shape index (κ1) is 14.3. The number of hydrogen-bond donors (Lipinski definition) is 0. The summed E-state index contributed by atoms with van der Waals surface area (Å²) in [5.74, 6) is -0.931. The summed E-state index contributed by atoms with van der Waals surface area (Å²) < 4.78 is 15.1. The molecule has 0 aliphatic carbocycles. The van der Waals surface area contributed by atoms with Crippen LogP contribution in [-0.4, -0.2) is 14.5 Å². The molecule has 2 aromatic rings. The number of aryl methyl sites for hydroxylation is 1. The molecule has 0 fully saturated rings. The van der Waals surface area contributed by atoms with E-state index in [1.165, 1.54) is 17.0 Å². The maximum Gasteiger partial charge on any atom is 0.304 e. The maximum absolute atomic E-state index is 13.5. The van der Waals surface area contributed by atoms with Gasteiger partial charge < -0.3 is 0 Å². The van der Waals surface area contributed by atoms with Gasteiger partial charge in [-0.15, -0.1) is 0 Å². The van der Waals surface area contributed by atoms with Crippen molar-refractivity contribution in [3.63, 3.8) is 0 Å². The molecule has 104 valence electrons. The van der Waals surface area contributed by atoms with Crippen LogP contribution in [0.2, 0.25) is 0 Å². The second kappa shape index (κ2) is 5.49. The minimum absolute atomic E-state index is 0.0830. The molecule has 1 aromatic heterocycles. The highest BCUT2D eigenvalue weighted by molar-refractivity contribution is 9.10. The maximum atomic E-state index is 13.5. The van der Waals surface area contributed by atoms with Crippen molar-refractivity contribution >= 4 is 21.6 Å². The van der Waals surface area contributed by atoms with Crippen molar-refractivity contribution in [2.75, 3.05) is 0 Å². The number of benzene rings is 1. The first-order valence-electron chi connectivity index (χ1n) is 5.54. The average Bonchev–Trinajstić information content (AvgIpc) is 2.39. The molecule has 0 bridgehead atoms. The lowest BCUT2D eigenvalue weighted by Crippen LogP contribution is -2.22. The van der Waals surface area contributed by atoms with Gasteiger partial charge in [-0.3, -0.25) is 19.5 Å². The lowest BCUT2D eigenvalue weighted by atomic mass is 10.2. The van der Waals surface area contributed by atoms with E-state index in [9.17, 15) is 19.3 Å². The predicted molar refractivity (Wildman–Crippen MR) is 73.1 cm³/mol. The van der Waals surface area contributed by atoms with Crippen molar-refractivity contribution in [2.24, 2.45) is 0 Å². The molecular weight excluding hydrogens is 333 g/mol. The van der Waals surface area contributed by atoms with Crippen LogP contribution in [0, 0.1) is 22.9 Å². The molecule has 0 radical (unpaired) electrons. The summed E-state index contributed by atoms with van der Waals surface area (Å²) in [6, 6.07) is 3.52. The third kappa shape index (κ3) is 2.74. The van der Waals surface area contributed by atoms with Crippen molar-refractivity contribution in [3.8, 4) is 0 Å². The quantitative estimate of drug-likeness (QED) is 0.634. The van der Waals surface area contributed by atoms with Crippen LogP contribution in [-0.2, 0) is 6.54 Å². The minimum atomic E-state index is -0.931. The number of aromatic nitrogens is 2. The van der Waals surface area contributed by atoms with Gasteiger partial charge in [-0.1, -0.05) is 6.07 Å². The largest absolute Gasteiger partial charge is 0.304 e. The first-order chi connectivity index (χ1) is 9.40. The molecule has 0 unspecified atom stereocenters. The number of nitro benzene ring substituents is 1. The molecular formula is C12H9BrFN3O3. The Morgan fingerprint density at radius 2 is 2.20 bits per heavy atom. The van der Waals surface area contributed by atoms with E-state index < -0.39 is 16.4 Å². The molecule has 0 saturated carbocycles. The van der Waals surface area contributed by atoms with Crippen molar-refractivity contribution in [3.05, 3.63) is 66.5 Å². The Bertz CT molecular complexity index is 745. The topological polar surface area (TPSA) is 78.0 Å². The van der Waals surface area contributed by atoms with Crippen LogP contribution in [0.15, 0.2) is 33.8 Å². The summed E-state index contributed by atoms with van der Waals surface area (Å²) in [7, 11) is 0. The third-order valence-corrected chi connectivity index (χ3v) is 3.63. The van der Waals surface area contributed by atoms with E-state index in [1.54, 1.807) is 6.92 Å². The van der Waals surface area contributed by atoms with Gasteiger partial charge in [-0.2, -0.15) is 4.39 Å². The number of hydrogen-bond acceptors (Lipinski definition) is 4. The highest BCUT2D eigenvalue weighted by Gasteiger charge is 2.14. The molecule has 1 heterocycles. The molecule has 6 nitrogen and oxygen atoms in total. The van der Waals surface area contributed by atoms with E-state index in [1.807, 2.05) is 0 Å². The summed E-state index contributed by atoms with van der Waals surface area (Å²) in [6.07, 6.45) is 1.35.